The van der Waals surface area contributed by atoms with Crippen LogP contribution in [0.5, 0.6) is 0 Å². The molecule has 1 aliphatic carbocycles. The Labute approximate surface area is 175 Å². The Kier molecular flexibility index (Phi) is 5.26. The van der Waals surface area contributed by atoms with E-state index in [-0.39, 0.29) is 10.9 Å². The van der Waals surface area contributed by atoms with E-state index in [1.165, 1.54) is 35.1 Å². The van der Waals surface area contributed by atoms with Crippen LogP contribution in [0.3, 0.4) is 0 Å². The molecule has 0 bridgehead atoms. The number of rotatable bonds is 4. The van der Waals surface area contributed by atoms with Gasteiger partial charge in [0.1, 0.15) is 17.3 Å². The molecule has 30 heavy (non-hydrogen) atoms. The monoisotopic (exact) mass is 430 g/mol. The molecule has 9 heteroatoms. The standard InChI is InChI=1S/C21H17ClF2N4O2/c1-28-18(8-9-25-28)21(30)27-17-7-4-12-13(3-6-16(24)19(12)17)20(29)26-11-2-5-15(23)14(22)10-11/h2-3,5-6,8-10,17H,4,7H2,1H3,(H,26,29)(H,27,30). The van der Waals surface area contributed by atoms with Crippen LogP contribution in [0.4, 0.5) is 14.5 Å². The molecule has 2 amide bonds. The van der Waals surface area contributed by atoms with E-state index in [0.29, 0.717) is 40.9 Å². The molecule has 154 valence electrons. The first kappa shape index (κ1) is 20.0. The fourth-order valence-corrected chi connectivity index (χ4v) is 3.85. The first-order chi connectivity index (χ1) is 14.3. The van der Waals surface area contributed by atoms with Gasteiger partial charge in [-0.1, -0.05) is 11.6 Å². The van der Waals surface area contributed by atoms with Gasteiger partial charge in [-0.15, -0.1) is 0 Å². The summed E-state index contributed by atoms with van der Waals surface area (Å²) < 4.78 is 29.4. The molecule has 2 N–H and O–H groups in total. The third kappa shape index (κ3) is 3.66. The maximum atomic E-state index is 14.6. The molecule has 3 aromatic rings. The number of amides is 2. The second-order valence-corrected chi connectivity index (χ2v) is 7.38. The van der Waals surface area contributed by atoms with E-state index in [0.717, 1.165) is 6.07 Å². The van der Waals surface area contributed by atoms with Gasteiger partial charge in [0.05, 0.1) is 11.1 Å². The summed E-state index contributed by atoms with van der Waals surface area (Å²) in [5.41, 5.74) is 1.81. The van der Waals surface area contributed by atoms with Crippen LogP contribution in [-0.2, 0) is 13.5 Å². The van der Waals surface area contributed by atoms with Gasteiger partial charge in [0.15, 0.2) is 0 Å². The van der Waals surface area contributed by atoms with Crippen LogP contribution in [0.15, 0.2) is 42.6 Å². The molecule has 1 unspecified atom stereocenters. The molecule has 1 atom stereocenters. The van der Waals surface area contributed by atoms with Gasteiger partial charge < -0.3 is 10.6 Å². The number of carbonyl (C=O) groups excluding carboxylic acids is 2. The number of aromatic nitrogens is 2. The van der Waals surface area contributed by atoms with Crippen molar-refractivity contribution in [1.82, 2.24) is 15.1 Å². The lowest BCUT2D eigenvalue weighted by Gasteiger charge is -2.16. The van der Waals surface area contributed by atoms with E-state index in [1.54, 1.807) is 13.1 Å². The zero-order valence-electron chi connectivity index (χ0n) is 15.9. The summed E-state index contributed by atoms with van der Waals surface area (Å²) in [5, 5.41) is 9.31. The molecule has 6 nitrogen and oxygen atoms in total. The summed E-state index contributed by atoms with van der Waals surface area (Å²) in [7, 11) is 1.64. The molecule has 0 saturated heterocycles. The molecule has 4 rings (SSSR count). The van der Waals surface area contributed by atoms with Gasteiger partial charge in [0.25, 0.3) is 11.8 Å². The number of halogens is 3. The van der Waals surface area contributed by atoms with Crippen molar-refractivity contribution < 1.29 is 18.4 Å². The van der Waals surface area contributed by atoms with Crippen LogP contribution in [0.25, 0.3) is 0 Å². The molecule has 0 aliphatic heterocycles. The average Bonchev–Trinajstić information content (AvgIpc) is 3.32. The molecule has 1 heterocycles. The first-order valence-electron chi connectivity index (χ1n) is 9.21. The van der Waals surface area contributed by atoms with Crippen LogP contribution in [0.1, 0.15) is 44.4 Å². The summed E-state index contributed by atoms with van der Waals surface area (Å²) >= 11 is 5.76. The molecule has 0 spiro atoms. The lowest BCUT2D eigenvalue weighted by atomic mass is 10.0. The highest BCUT2D eigenvalue weighted by atomic mass is 35.5. The number of fused-ring (bicyclic) bond motifs is 1. The summed E-state index contributed by atoms with van der Waals surface area (Å²) in [4.78, 5) is 25.3. The van der Waals surface area contributed by atoms with Crippen molar-refractivity contribution in [3.8, 4) is 0 Å². The van der Waals surface area contributed by atoms with Gasteiger partial charge in [-0.2, -0.15) is 5.10 Å². The fraction of sp³-hybridized carbons (Fsp3) is 0.190. The summed E-state index contributed by atoms with van der Waals surface area (Å²) in [6.07, 6.45) is 2.39. The third-order valence-corrected chi connectivity index (χ3v) is 5.41. The van der Waals surface area contributed by atoms with Crippen molar-refractivity contribution >= 4 is 29.1 Å². The SMILES string of the molecule is Cn1nccc1C(=O)NC1CCc2c(C(=O)Nc3ccc(F)c(Cl)c3)ccc(F)c21. The minimum Gasteiger partial charge on any atom is -0.344 e. The molecule has 1 aliphatic rings. The number of hydrogen-bond donors (Lipinski definition) is 2. The summed E-state index contributed by atoms with van der Waals surface area (Å²) in [5.74, 6) is -1.92. The van der Waals surface area contributed by atoms with Crippen LogP contribution < -0.4 is 10.6 Å². The predicted octanol–water partition coefficient (Wildman–Crippen LogP) is 4.02. The number of anilines is 1. The zero-order valence-corrected chi connectivity index (χ0v) is 16.6. The number of hydrogen-bond acceptors (Lipinski definition) is 3. The highest BCUT2D eigenvalue weighted by molar-refractivity contribution is 6.31. The Bertz CT molecular complexity index is 1160. The highest BCUT2D eigenvalue weighted by Gasteiger charge is 2.31. The number of nitrogens with zero attached hydrogens (tertiary/aromatic N) is 2. The number of benzene rings is 2. The number of carbonyl (C=O) groups is 2. The zero-order chi connectivity index (χ0) is 21.4. The van der Waals surface area contributed by atoms with Gasteiger partial charge in [-0.25, -0.2) is 8.78 Å². The Balaban J connectivity index is 1.59. The quantitative estimate of drug-likeness (QED) is 0.656. The highest BCUT2D eigenvalue weighted by Crippen LogP contribution is 2.36. The van der Waals surface area contributed by atoms with E-state index >= 15 is 0 Å². The Morgan fingerprint density at radius 3 is 2.60 bits per heavy atom. The van der Waals surface area contributed by atoms with Crippen molar-refractivity contribution in [2.24, 2.45) is 7.05 Å². The van der Waals surface area contributed by atoms with Crippen LogP contribution in [0.2, 0.25) is 5.02 Å². The molecular weight excluding hydrogens is 414 g/mol. The minimum absolute atomic E-state index is 0.116. The van der Waals surface area contributed by atoms with Gasteiger partial charge >= 0.3 is 0 Å². The number of aryl methyl sites for hydroxylation is 1. The maximum absolute atomic E-state index is 14.6. The smallest absolute Gasteiger partial charge is 0.270 e. The van der Waals surface area contributed by atoms with Gasteiger partial charge in [0.2, 0.25) is 0 Å². The molecule has 0 saturated carbocycles. The van der Waals surface area contributed by atoms with Crippen molar-refractivity contribution in [3.63, 3.8) is 0 Å². The van der Waals surface area contributed by atoms with Gasteiger partial charge in [-0.05, 0) is 54.8 Å². The normalized spacial score (nSPS) is 15.0. The first-order valence-corrected chi connectivity index (χ1v) is 9.59. The van der Waals surface area contributed by atoms with Gasteiger partial charge in [-0.3, -0.25) is 14.3 Å². The Hall–Kier alpha value is -3.26. The van der Waals surface area contributed by atoms with Crippen molar-refractivity contribution in [2.75, 3.05) is 5.32 Å². The Morgan fingerprint density at radius 2 is 1.90 bits per heavy atom. The van der Waals surface area contributed by atoms with Crippen LogP contribution in [0, 0.1) is 11.6 Å². The largest absolute Gasteiger partial charge is 0.344 e. The third-order valence-electron chi connectivity index (χ3n) is 5.12. The topological polar surface area (TPSA) is 76.0 Å². The maximum Gasteiger partial charge on any atom is 0.270 e. The summed E-state index contributed by atoms with van der Waals surface area (Å²) in [6, 6.07) is 7.46. The fourth-order valence-electron chi connectivity index (χ4n) is 3.67. The minimum atomic E-state index is -0.593. The lowest BCUT2D eigenvalue weighted by molar-refractivity contribution is 0.0926. The molecule has 1 aromatic heterocycles. The van der Waals surface area contributed by atoms with E-state index in [9.17, 15) is 18.4 Å². The average molecular weight is 431 g/mol. The van der Waals surface area contributed by atoms with Crippen molar-refractivity contribution in [3.05, 3.63) is 81.6 Å². The summed E-state index contributed by atoms with van der Waals surface area (Å²) in [6.45, 7) is 0. The lowest BCUT2D eigenvalue weighted by Crippen LogP contribution is -2.29. The van der Waals surface area contributed by atoms with E-state index < -0.39 is 23.6 Å². The number of nitrogens with one attached hydrogen (secondary N) is 2. The molecular formula is C21H17ClF2N4O2. The second-order valence-electron chi connectivity index (χ2n) is 6.97. The van der Waals surface area contributed by atoms with Crippen molar-refractivity contribution in [2.45, 2.75) is 18.9 Å². The van der Waals surface area contributed by atoms with E-state index in [2.05, 4.69) is 15.7 Å². The van der Waals surface area contributed by atoms with E-state index in [1.807, 2.05) is 0 Å². The predicted molar refractivity (Wildman–Crippen MR) is 107 cm³/mol. The van der Waals surface area contributed by atoms with Crippen LogP contribution in [-0.4, -0.2) is 21.6 Å². The van der Waals surface area contributed by atoms with Crippen LogP contribution >= 0.6 is 11.6 Å². The molecule has 0 radical (unpaired) electrons. The Morgan fingerprint density at radius 1 is 1.13 bits per heavy atom. The van der Waals surface area contributed by atoms with Crippen molar-refractivity contribution in [1.29, 1.82) is 0 Å². The van der Waals surface area contributed by atoms with Gasteiger partial charge in [0, 0.05) is 30.1 Å². The second kappa shape index (κ2) is 7.87. The molecule has 0 fully saturated rings. The molecule has 2 aromatic carbocycles. The van der Waals surface area contributed by atoms with E-state index in [4.69, 9.17) is 11.6 Å².